The molecule has 5 aromatic rings. The summed E-state index contributed by atoms with van der Waals surface area (Å²) in [6.45, 7) is 0. The SMILES string of the molecule is c1ccc(-c2cccc(-c3ccc4c(c3)oc3ccccc34)c2)nc1. The van der Waals surface area contributed by atoms with Gasteiger partial charge in [0.1, 0.15) is 11.2 Å². The standard InChI is InChI=1S/C23H15NO/c1-2-10-22-19(8-1)20-12-11-17(15-23(20)25-22)16-6-5-7-18(14-16)21-9-3-4-13-24-21/h1-15H. The van der Waals surface area contributed by atoms with E-state index in [0.717, 1.165) is 44.3 Å². The fourth-order valence-corrected chi connectivity index (χ4v) is 3.30. The third-order valence-corrected chi connectivity index (χ3v) is 4.54. The molecule has 0 fully saturated rings. The van der Waals surface area contributed by atoms with Crippen molar-refractivity contribution in [2.24, 2.45) is 0 Å². The Kier molecular flexibility index (Phi) is 3.14. The van der Waals surface area contributed by atoms with E-state index in [1.807, 2.05) is 42.6 Å². The van der Waals surface area contributed by atoms with Gasteiger partial charge in [0.05, 0.1) is 5.69 Å². The largest absolute Gasteiger partial charge is 0.456 e. The molecule has 2 aromatic heterocycles. The topological polar surface area (TPSA) is 26.0 Å². The van der Waals surface area contributed by atoms with Crippen molar-refractivity contribution in [3.05, 3.63) is 91.1 Å². The minimum atomic E-state index is 0.918. The molecule has 2 nitrogen and oxygen atoms in total. The van der Waals surface area contributed by atoms with Crippen LogP contribution in [-0.4, -0.2) is 4.98 Å². The van der Waals surface area contributed by atoms with Crippen LogP contribution in [-0.2, 0) is 0 Å². The number of rotatable bonds is 2. The van der Waals surface area contributed by atoms with Crippen LogP contribution in [0.5, 0.6) is 0 Å². The minimum Gasteiger partial charge on any atom is -0.456 e. The Hall–Kier alpha value is -3.39. The fourth-order valence-electron chi connectivity index (χ4n) is 3.30. The van der Waals surface area contributed by atoms with Gasteiger partial charge in [-0.05, 0) is 47.5 Å². The van der Waals surface area contributed by atoms with E-state index in [1.165, 1.54) is 0 Å². The lowest BCUT2D eigenvalue weighted by molar-refractivity contribution is 0.669. The van der Waals surface area contributed by atoms with Crippen LogP contribution in [0.3, 0.4) is 0 Å². The summed E-state index contributed by atoms with van der Waals surface area (Å²) in [7, 11) is 0. The number of nitrogens with zero attached hydrogens (tertiary/aromatic N) is 1. The monoisotopic (exact) mass is 321 g/mol. The molecule has 0 spiro atoms. The smallest absolute Gasteiger partial charge is 0.136 e. The molecule has 0 amide bonds. The highest BCUT2D eigenvalue weighted by Gasteiger charge is 2.08. The number of pyridine rings is 1. The van der Waals surface area contributed by atoms with Gasteiger partial charge in [-0.1, -0.05) is 48.5 Å². The van der Waals surface area contributed by atoms with Gasteiger partial charge in [0, 0.05) is 22.5 Å². The van der Waals surface area contributed by atoms with E-state index in [1.54, 1.807) is 0 Å². The summed E-state index contributed by atoms with van der Waals surface area (Å²) in [5.74, 6) is 0. The van der Waals surface area contributed by atoms with Crippen LogP contribution in [0.4, 0.5) is 0 Å². The fraction of sp³-hybridized carbons (Fsp3) is 0. The van der Waals surface area contributed by atoms with Crippen LogP contribution >= 0.6 is 0 Å². The predicted molar refractivity (Wildman–Crippen MR) is 102 cm³/mol. The lowest BCUT2D eigenvalue weighted by atomic mass is 10.0. The van der Waals surface area contributed by atoms with Crippen LogP contribution in [0.1, 0.15) is 0 Å². The van der Waals surface area contributed by atoms with Crippen LogP contribution in [0, 0.1) is 0 Å². The van der Waals surface area contributed by atoms with Crippen molar-refractivity contribution in [1.29, 1.82) is 0 Å². The highest BCUT2D eigenvalue weighted by atomic mass is 16.3. The molecule has 2 heteroatoms. The molecule has 25 heavy (non-hydrogen) atoms. The van der Waals surface area contributed by atoms with E-state index in [-0.39, 0.29) is 0 Å². The summed E-state index contributed by atoms with van der Waals surface area (Å²) in [6.07, 6.45) is 1.82. The molecule has 0 radical (unpaired) electrons. The molecular weight excluding hydrogens is 306 g/mol. The van der Waals surface area contributed by atoms with Crippen molar-refractivity contribution < 1.29 is 4.42 Å². The molecule has 118 valence electrons. The molecule has 0 aliphatic rings. The first-order valence-corrected chi connectivity index (χ1v) is 8.32. The van der Waals surface area contributed by atoms with Crippen molar-refractivity contribution in [2.45, 2.75) is 0 Å². The highest BCUT2D eigenvalue weighted by molar-refractivity contribution is 6.05. The van der Waals surface area contributed by atoms with E-state index in [4.69, 9.17) is 4.42 Å². The van der Waals surface area contributed by atoms with Crippen molar-refractivity contribution >= 4 is 21.9 Å². The van der Waals surface area contributed by atoms with Gasteiger partial charge in [0.15, 0.2) is 0 Å². The van der Waals surface area contributed by atoms with Crippen molar-refractivity contribution in [3.63, 3.8) is 0 Å². The van der Waals surface area contributed by atoms with E-state index in [0.29, 0.717) is 0 Å². The molecule has 3 aromatic carbocycles. The molecule has 0 bridgehead atoms. The van der Waals surface area contributed by atoms with Crippen molar-refractivity contribution in [3.8, 4) is 22.4 Å². The third kappa shape index (κ3) is 2.39. The van der Waals surface area contributed by atoms with Crippen LogP contribution < -0.4 is 0 Å². The Labute approximate surface area is 145 Å². The van der Waals surface area contributed by atoms with Gasteiger partial charge in [0.25, 0.3) is 0 Å². The first-order chi connectivity index (χ1) is 12.4. The molecule has 0 aliphatic heterocycles. The summed E-state index contributed by atoms with van der Waals surface area (Å²) in [6, 6.07) is 29.0. The van der Waals surface area contributed by atoms with Gasteiger partial charge >= 0.3 is 0 Å². The van der Waals surface area contributed by atoms with Gasteiger partial charge in [0.2, 0.25) is 0 Å². The Morgan fingerprint density at radius 1 is 0.560 bits per heavy atom. The first kappa shape index (κ1) is 14.0. The average Bonchev–Trinajstić information content (AvgIpc) is 3.06. The summed E-state index contributed by atoms with van der Waals surface area (Å²) < 4.78 is 6.02. The molecule has 5 rings (SSSR count). The minimum absolute atomic E-state index is 0.918. The average molecular weight is 321 g/mol. The molecular formula is C23H15NO. The summed E-state index contributed by atoms with van der Waals surface area (Å²) in [4.78, 5) is 4.44. The van der Waals surface area contributed by atoms with E-state index >= 15 is 0 Å². The van der Waals surface area contributed by atoms with Crippen LogP contribution in [0.2, 0.25) is 0 Å². The van der Waals surface area contributed by atoms with Gasteiger partial charge in [-0.25, -0.2) is 0 Å². The molecule has 0 saturated heterocycles. The zero-order valence-corrected chi connectivity index (χ0v) is 13.5. The zero-order chi connectivity index (χ0) is 16.6. The number of furan rings is 1. The Morgan fingerprint density at radius 3 is 2.28 bits per heavy atom. The second-order valence-corrected chi connectivity index (χ2v) is 6.10. The molecule has 0 unspecified atom stereocenters. The van der Waals surface area contributed by atoms with Crippen LogP contribution in [0.25, 0.3) is 44.3 Å². The normalized spacial score (nSPS) is 11.2. The van der Waals surface area contributed by atoms with E-state index < -0.39 is 0 Å². The molecule has 0 N–H and O–H groups in total. The lowest BCUT2D eigenvalue weighted by Crippen LogP contribution is -1.83. The zero-order valence-electron chi connectivity index (χ0n) is 13.5. The Balaban J connectivity index is 1.64. The van der Waals surface area contributed by atoms with Gasteiger partial charge in [-0.3, -0.25) is 4.98 Å². The number of fused-ring (bicyclic) bond motifs is 3. The van der Waals surface area contributed by atoms with Crippen molar-refractivity contribution in [2.75, 3.05) is 0 Å². The first-order valence-electron chi connectivity index (χ1n) is 8.32. The summed E-state index contributed by atoms with van der Waals surface area (Å²) in [5.41, 5.74) is 6.24. The van der Waals surface area contributed by atoms with Gasteiger partial charge in [-0.15, -0.1) is 0 Å². The molecule has 0 saturated carbocycles. The number of para-hydroxylation sites is 1. The number of aromatic nitrogens is 1. The second-order valence-electron chi connectivity index (χ2n) is 6.10. The number of hydrogen-bond acceptors (Lipinski definition) is 2. The second kappa shape index (κ2) is 5.60. The van der Waals surface area contributed by atoms with Gasteiger partial charge in [-0.2, -0.15) is 0 Å². The third-order valence-electron chi connectivity index (χ3n) is 4.54. The maximum atomic E-state index is 6.02. The Bertz CT molecular complexity index is 1190. The molecule has 2 heterocycles. The van der Waals surface area contributed by atoms with E-state index in [2.05, 4.69) is 53.5 Å². The Morgan fingerprint density at radius 2 is 1.36 bits per heavy atom. The molecule has 0 aliphatic carbocycles. The quantitative estimate of drug-likeness (QED) is 0.380. The molecule has 0 atom stereocenters. The maximum Gasteiger partial charge on any atom is 0.136 e. The number of hydrogen-bond donors (Lipinski definition) is 0. The summed E-state index contributed by atoms with van der Waals surface area (Å²) >= 11 is 0. The van der Waals surface area contributed by atoms with Crippen LogP contribution in [0.15, 0.2) is 95.5 Å². The maximum absolute atomic E-state index is 6.02. The van der Waals surface area contributed by atoms with Crippen molar-refractivity contribution in [1.82, 2.24) is 4.98 Å². The predicted octanol–water partition coefficient (Wildman–Crippen LogP) is 6.32. The highest BCUT2D eigenvalue weighted by Crippen LogP contribution is 2.33. The summed E-state index contributed by atoms with van der Waals surface area (Å²) in [5, 5.41) is 2.31. The number of benzene rings is 3. The van der Waals surface area contributed by atoms with Gasteiger partial charge < -0.3 is 4.42 Å². The lowest BCUT2D eigenvalue weighted by Gasteiger charge is -2.05. The van der Waals surface area contributed by atoms with E-state index in [9.17, 15) is 0 Å².